The second kappa shape index (κ2) is 5.71. The molecule has 0 saturated carbocycles. The molecule has 94 valence electrons. The second-order valence-electron chi connectivity index (χ2n) is 4.70. The van der Waals surface area contributed by atoms with Crippen LogP contribution in [0.3, 0.4) is 0 Å². The van der Waals surface area contributed by atoms with E-state index in [1.807, 2.05) is 32.9 Å². The highest BCUT2D eigenvalue weighted by Crippen LogP contribution is 2.23. The largest absolute Gasteiger partial charge is 0.398 e. The predicted octanol–water partition coefficient (Wildman–Crippen LogP) is 3.26. The molecule has 0 saturated heterocycles. The molecule has 0 spiro atoms. The van der Waals surface area contributed by atoms with E-state index in [9.17, 15) is 4.79 Å². The van der Waals surface area contributed by atoms with Crippen LogP contribution in [0.1, 0.15) is 37.8 Å². The third-order valence-electron chi connectivity index (χ3n) is 3.04. The Hall–Kier alpha value is -1.51. The summed E-state index contributed by atoms with van der Waals surface area (Å²) in [5.74, 6) is 0.111. The number of amides is 1. The van der Waals surface area contributed by atoms with Gasteiger partial charge in [-0.1, -0.05) is 26.3 Å². The molecule has 0 bridgehead atoms. The van der Waals surface area contributed by atoms with Gasteiger partial charge in [0.2, 0.25) is 5.91 Å². The minimum atomic E-state index is 0.0435. The Morgan fingerprint density at radius 2 is 2.00 bits per heavy atom. The Bertz CT molecular complexity index is 413. The lowest BCUT2D eigenvalue weighted by atomic mass is 10.0. The van der Waals surface area contributed by atoms with Crippen molar-refractivity contribution in [3.63, 3.8) is 0 Å². The maximum Gasteiger partial charge on any atom is 0.227 e. The van der Waals surface area contributed by atoms with E-state index in [2.05, 4.69) is 12.2 Å². The standard InChI is InChI=1S/C14H22N2O/c1-5-6-9(2)14(17)16-13-8-12(15)10(3)7-11(13)4/h7-9H,5-6,15H2,1-4H3,(H,16,17). The van der Waals surface area contributed by atoms with E-state index in [4.69, 9.17) is 5.73 Å². The average Bonchev–Trinajstić information content (AvgIpc) is 2.26. The van der Waals surface area contributed by atoms with Gasteiger partial charge < -0.3 is 11.1 Å². The molecule has 0 aliphatic rings. The zero-order chi connectivity index (χ0) is 13.0. The molecular weight excluding hydrogens is 212 g/mol. The Kier molecular flexibility index (Phi) is 4.55. The Morgan fingerprint density at radius 3 is 2.59 bits per heavy atom. The molecule has 1 unspecified atom stereocenters. The fourth-order valence-corrected chi connectivity index (χ4v) is 1.82. The van der Waals surface area contributed by atoms with Crippen molar-refractivity contribution in [3.8, 4) is 0 Å². The van der Waals surface area contributed by atoms with Crippen molar-refractivity contribution in [2.45, 2.75) is 40.5 Å². The first-order chi connectivity index (χ1) is 7.95. The van der Waals surface area contributed by atoms with Gasteiger partial charge in [0.05, 0.1) is 0 Å². The monoisotopic (exact) mass is 234 g/mol. The highest BCUT2D eigenvalue weighted by molar-refractivity contribution is 5.93. The first-order valence-corrected chi connectivity index (χ1v) is 6.13. The molecule has 3 heteroatoms. The SMILES string of the molecule is CCCC(C)C(=O)Nc1cc(N)c(C)cc1C. The number of carbonyl (C=O) groups is 1. The van der Waals surface area contributed by atoms with Gasteiger partial charge in [-0.15, -0.1) is 0 Å². The molecule has 0 aromatic heterocycles. The number of nitrogens with one attached hydrogen (secondary N) is 1. The van der Waals surface area contributed by atoms with Crippen molar-refractivity contribution in [1.29, 1.82) is 0 Å². The molecule has 3 N–H and O–H groups in total. The van der Waals surface area contributed by atoms with E-state index in [1.54, 1.807) is 0 Å². The van der Waals surface area contributed by atoms with Crippen LogP contribution in [0, 0.1) is 19.8 Å². The predicted molar refractivity (Wildman–Crippen MR) is 73.0 cm³/mol. The molecule has 1 aromatic carbocycles. The van der Waals surface area contributed by atoms with Crippen LogP contribution in [0.5, 0.6) is 0 Å². The highest BCUT2D eigenvalue weighted by atomic mass is 16.1. The van der Waals surface area contributed by atoms with Gasteiger partial charge in [-0.05, 0) is 37.5 Å². The fourth-order valence-electron chi connectivity index (χ4n) is 1.82. The van der Waals surface area contributed by atoms with Crippen LogP contribution in [0.15, 0.2) is 12.1 Å². The number of nitrogen functional groups attached to an aromatic ring is 1. The minimum absolute atomic E-state index is 0.0435. The summed E-state index contributed by atoms with van der Waals surface area (Å²) in [4.78, 5) is 11.9. The minimum Gasteiger partial charge on any atom is -0.398 e. The van der Waals surface area contributed by atoms with E-state index >= 15 is 0 Å². The maximum atomic E-state index is 11.9. The van der Waals surface area contributed by atoms with E-state index in [0.29, 0.717) is 5.69 Å². The normalized spacial score (nSPS) is 12.2. The van der Waals surface area contributed by atoms with Gasteiger partial charge in [-0.2, -0.15) is 0 Å². The van der Waals surface area contributed by atoms with Gasteiger partial charge in [-0.3, -0.25) is 4.79 Å². The molecule has 1 rings (SSSR count). The van der Waals surface area contributed by atoms with Crippen molar-refractivity contribution in [2.75, 3.05) is 11.1 Å². The number of hydrogen-bond acceptors (Lipinski definition) is 2. The van der Waals surface area contributed by atoms with E-state index < -0.39 is 0 Å². The zero-order valence-corrected chi connectivity index (χ0v) is 11.1. The first kappa shape index (κ1) is 13.6. The van der Waals surface area contributed by atoms with Gasteiger partial charge in [0.25, 0.3) is 0 Å². The average molecular weight is 234 g/mol. The molecule has 0 fully saturated rings. The lowest BCUT2D eigenvalue weighted by Crippen LogP contribution is -2.20. The summed E-state index contributed by atoms with van der Waals surface area (Å²) in [5.41, 5.74) is 9.48. The van der Waals surface area contributed by atoms with Crippen LogP contribution in [-0.2, 0) is 4.79 Å². The quantitative estimate of drug-likeness (QED) is 0.786. The molecule has 3 nitrogen and oxygen atoms in total. The second-order valence-corrected chi connectivity index (χ2v) is 4.70. The molecular formula is C14H22N2O. The Balaban J connectivity index is 2.81. The van der Waals surface area contributed by atoms with Gasteiger partial charge in [-0.25, -0.2) is 0 Å². The molecule has 0 heterocycles. The molecule has 1 aromatic rings. The molecule has 1 amide bonds. The summed E-state index contributed by atoms with van der Waals surface area (Å²) in [7, 11) is 0. The van der Waals surface area contributed by atoms with Crippen LogP contribution in [0.25, 0.3) is 0 Å². The highest BCUT2D eigenvalue weighted by Gasteiger charge is 2.13. The number of carbonyl (C=O) groups excluding carboxylic acids is 1. The van der Waals surface area contributed by atoms with Crippen molar-refractivity contribution in [2.24, 2.45) is 5.92 Å². The summed E-state index contributed by atoms with van der Waals surface area (Å²) in [6, 6.07) is 3.83. The van der Waals surface area contributed by atoms with E-state index in [-0.39, 0.29) is 11.8 Å². The maximum absolute atomic E-state index is 11.9. The lowest BCUT2D eigenvalue weighted by Gasteiger charge is -2.14. The summed E-state index contributed by atoms with van der Waals surface area (Å²) < 4.78 is 0. The van der Waals surface area contributed by atoms with Gasteiger partial charge >= 0.3 is 0 Å². The Labute approximate surface area is 103 Å². The van der Waals surface area contributed by atoms with Gasteiger partial charge in [0, 0.05) is 17.3 Å². The topological polar surface area (TPSA) is 55.1 Å². The smallest absolute Gasteiger partial charge is 0.227 e. The summed E-state index contributed by atoms with van der Waals surface area (Å²) >= 11 is 0. The number of rotatable bonds is 4. The zero-order valence-electron chi connectivity index (χ0n) is 11.1. The number of anilines is 2. The van der Waals surface area contributed by atoms with Crippen LogP contribution in [0.4, 0.5) is 11.4 Å². The Morgan fingerprint density at radius 1 is 1.35 bits per heavy atom. The lowest BCUT2D eigenvalue weighted by molar-refractivity contribution is -0.119. The van der Waals surface area contributed by atoms with Crippen LogP contribution < -0.4 is 11.1 Å². The molecule has 17 heavy (non-hydrogen) atoms. The number of aryl methyl sites for hydroxylation is 2. The summed E-state index contributed by atoms with van der Waals surface area (Å²) in [6.07, 6.45) is 1.93. The van der Waals surface area contributed by atoms with Gasteiger partial charge in [0.15, 0.2) is 0 Å². The number of benzene rings is 1. The number of hydrogen-bond donors (Lipinski definition) is 2. The third kappa shape index (κ3) is 3.48. The molecule has 1 atom stereocenters. The molecule has 0 aliphatic heterocycles. The van der Waals surface area contributed by atoms with Crippen molar-refractivity contribution in [1.82, 2.24) is 0 Å². The van der Waals surface area contributed by atoms with Crippen molar-refractivity contribution < 1.29 is 4.79 Å². The molecule has 0 radical (unpaired) electrons. The first-order valence-electron chi connectivity index (χ1n) is 6.13. The van der Waals surface area contributed by atoms with E-state index in [1.165, 1.54) is 0 Å². The van der Waals surface area contributed by atoms with Crippen molar-refractivity contribution >= 4 is 17.3 Å². The fraction of sp³-hybridized carbons (Fsp3) is 0.500. The van der Waals surface area contributed by atoms with Gasteiger partial charge in [0.1, 0.15) is 0 Å². The summed E-state index contributed by atoms with van der Waals surface area (Å²) in [6.45, 7) is 7.98. The van der Waals surface area contributed by atoms with Crippen LogP contribution in [-0.4, -0.2) is 5.91 Å². The third-order valence-corrected chi connectivity index (χ3v) is 3.04. The summed E-state index contributed by atoms with van der Waals surface area (Å²) in [5, 5.41) is 2.94. The number of nitrogens with two attached hydrogens (primary N) is 1. The van der Waals surface area contributed by atoms with Crippen LogP contribution in [0.2, 0.25) is 0 Å². The van der Waals surface area contributed by atoms with Crippen molar-refractivity contribution in [3.05, 3.63) is 23.3 Å². The van der Waals surface area contributed by atoms with Crippen LogP contribution >= 0.6 is 0 Å². The van der Waals surface area contributed by atoms with E-state index in [0.717, 1.165) is 29.7 Å². The molecule has 0 aliphatic carbocycles.